The van der Waals surface area contributed by atoms with Gasteiger partial charge < -0.3 is 10.2 Å². The van der Waals surface area contributed by atoms with Gasteiger partial charge in [0, 0.05) is 19.3 Å². The molecular weight excluding hydrogens is 254 g/mol. The molecule has 2 amide bonds. The number of benzene rings is 1. The van der Waals surface area contributed by atoms with Crippen LogP contribution in [0.2, 0.25) is 0 Å². The van der Waals surface area contributed by atoms with Gasteiger partial charge in [-0.3, -0.25) is 0 Å². The quantitative estimate of drug-likeness (QED) is 0.863. The number of rotatable bonds is 3. The Hall–Kier alpha value is -1.60. The summed E-state index contributed by atoms with van der Waals surface area (Å²) in [6.07, 6.45) is 0. The number of sulfonamides is 1. The Morgan fingerprint density at radius 2 is 2.06 bits per heavy atom. The van der Waals surface area contributed by atoms with Crippen LogP contribution in [0.25, 0.3) is 0 Å². The molecule has 0 saturated carbocycles. The van der Waals surface area contributed by atoms with E-state index < -0.39 is 10.0 Å². The summed E-state index contributed by atoms with van der Waals surface area (Å²) in [6, 6.07) is 4.28. The molecule has 0 aliphatic rings. The predicted octanol–water partition coefficient (Wildman–Crippen LogP) is 1.13. The van der Waals surface area contributed by atoms with Crippen molar-refractivity contribution in [3.8, 4) is 0 Å². The van der Waals surface area contributed by atoms with Crippen molar-refractivity contribution < 1.29 is 13.2 Å². The third-order valence-electron chi connectivity index (χ3n) is 2.57. The molecule has 1 aromatic carbocycles. The molecule has 1 rings (SSSR count). The van der Waals surface area contributed by atoms with E-state index in [0.717, 1.165) is 0 Å². The number of aryl methyl sites for hydroxylation is 1. The second kappa shape index (κ2) is 5.36. The zero-order chi connectivity index (χ0) is 13.9. The second-order valence-electron chi connectivity index (χ2n) is 3.97. The van der Waals surface area contributed by atoms with Gasteiger partial charge in [-0.05, 0) is 31.5 Å². The zero-order valence-electron chi connectivity index (χ0n) is 10.6. The zero-order valence-corrected chi connectivity index (χ0v) is 11.4. The van der Waals surface area contributed by atoms with E-state index in [0.29, 0.717) is 17.8 Å². The van der Waals surface area contributed by atoms with E-state index in [2.05, 4.69) is 5.32 Å². The van der Waals surface area contributed by atoms with Crippen molar-refractivity contribution >= 4 is 21.7 Å². The Kier molecular flexibility index (Phi) is 4.31. The van der Waals surface area contributed by atoms with Crippen LogP contribution in [0.5, 0.6) is 0 Å². The van der Waals surface area contributed by atoms with Crippen LogP contribution in [0.3, 0.4) is 0 Å². The lowest BCUT2D eigenvalue weighted by Crippen LogP contribution is -2.31. The molecule has 0 aliphatic heterocycles. The van der Waals surface area contributed by atoms with Crippen molar-refractivity contribution in [3.63, 3.8) is 0 Å². The molecule has 0 radical (unpaired) electrons. The number of urea groups is 1. The lowest BCUT2D eigenvalue weighted by Gasteiger charge is -2.16. The van der Waals surface area contributed by atoms with Crippen molar-refractivity contribution in [3.05, 3.63) is 23.8 Å². The van der Waals surface area contributed by atoms with Crippen molar-refractivity contribution in [1.29, 1.82) is 0 Å². The summed E-state index contributed by atoms with van der Waals surface area (Å²) in [5.41, 5.74) is 0.939. The molecule has 0 atom stereocenters. The molecule has 100 valence electrons. The highest BCUT2D eigenvalue weighted by molar-refractivity contribution is 7.89. The van der Waals surface area contributed by atoms with Gasteiger partial charge in [-0.1, -0.05) is 6.07 Å². The summed E-state index contributed by atoms with van der Waals surface area (Å²) in [5, 5.41) is 7.69. The molecule has 0 heterocycles. The van der Waals surface area contributed by atoms with Gasteiger partial charge in [0.2, 0.25) is 10.0 Å². The van der Waals surface area contributed by atoms with Crippen molar-refractivity contribution in [2.45, 2.75) is 18.7 Å². The van der Waals surface area contributed by atoms with Crippen LogP contribution in [0.4, 0.5) is 10.5 Å². The number of amides is 2. The standard InChI is InChI=1S/C11H17N3O3S/c1-4-14(3)11(15)13-9-6-5-8(2)10(7-9)18(12,16)17/h5-7H,4H2,1-3H3,(H,13,15)(H2,12,16,17). The smallest absolute Gasteiger partial charge is 0.321 e. The fourth-order valence-corrected chi connectivity index (χ4v) is 2.15. The van der Waals surface area contributed by atoms with Crippen molar-refractivity contribution in [1.82, 2.24) is 4.90 Å². The average molecular weight is 271 g/mol. The summed E-state index contributed by atoms with van der Waals surface area (Å²) < 4.78 is 22.7. The lowest BCUT2D eigenvalue weighted by atomic mass is 10.2. The van der Waals surface area contributed by atoms with Gasteiger partial charge in [0.05, 0.1) is 4.90 Å². The third kappa shape index (κ3) is 3.44. The minimum atomic E-state index is -3.78. The molecule has 3 N–H and O–H groups in total. The Balaban J connectivity index is 3.04. The predicted molar refractivity (Wildman–Crippen MR) is 69.9 cm³/mol. The van der Waals surface area contributed by atoms with Gasteiger partial charge in [0.25, 0.3) is 0 Å². The number of primary sulfonamides is 1. The number of carbonyl (C=O) groups excluding carboxylic acids is 1. The average Bonchev–Trinajstić information content (AvgIpc) is 2.29. The molecular formula is C11H17N3O3S. The first-order chi connectivity index (χ1) is 8.25. The van der Waals surface area contributed by atoms with E-state index in [-0.39, 0.29) is 10.9 Å². The van der Waals surface area contributed by atoms with Gasteiger partial charge >= 0.3 is 6.03 Å². The van der Waals surface area contributed by atoms with E-state index in [9.17, 15) is 13.2 Å². The molecule has 0 fully saturated rings. The van der Waals surface area contributed by atoms with E-state index in [1.807, 2.05) is 6.92 Å². The monoisotopic (exact) mass is 271 g/mol. The number of nitrogens with two attached hydrogens (primary N) is 1. The van der Waals surface area contributed by atoms with Crippen LogP contribution in [-0.4, -0.2) is 32.9 Å². The Morgan fingerprint density at radius 3 is 2.56 bits per heavy atom. The molecule has 0 aliphatic carbocycles. The summed E-state index contributed by atoms with van der Waals surface area (Å²) in [7, 11) is -2.14. The molecule has 0 unspecified atom stereocenters. The summed E-state index contributed by atoms with van der Waals surface area (Å²) >= 11 is 0. The summed E-state index contributed by atoms with van der Waals surface area (Å²) in [6.45, 7) is 4.04. The molecule has 7 heteroatoms. The summed E-state index contributed by atoms with van der Waals surface area (Å²) in [5.74, 6) is 0. The van der Waals surface area contributed by atoms with Crippen LogP contribution in [0.1, 0.15) is 12.5 Å². The Labute approximate surface area is 107 Å². The molecule has 0 saturated heterocycles. The largest absolute Gasteiger partial charge is 0.328 e. The maximum atomic E-state index is 11.6. The number of hydrogen-bond donors (Lipinski definition) is 2. The highest BCUT2D eigenvalue weighted by Gasteiger charge is 2.13. The van der Waals surface area contributed by atoms with Gasteiger partial charge in [-0.2, -0.15) is 0 Å². The van der Waals surface area contributed by atoms with E-state index >= 15 is 0 Å². The number of carbonyl (C=O) groups is 1. The second-order valence-corrected chi connectivity index (χ2v) is 5.50. The van der Waals surface area contributed by atoms with Gasteiger partial charge in [0.15, 0.2) is 0 Å². The van der Waals surface area contributed by atoms with Gasteiger partial charge in [-0.25, -0.2) is 18.4 Å². The summed E-state index contributed by atoms with van der Waals surface area (Å²) in [4.78, 5) is 13.1. The highest BCUT2D eigenvalue weighted by atomic mass is 32.2. The van der Waals surface area contributed by atoms with Crippen molar-refractivity contribution in [2.75, 3.05) is 18.9 Å². The number of nitrogens with one attached hydrogen (secondary N) is 1. The van der Waals surface area contributed by atoms with Gasteiger partial charge in [-0.15, -0.1) is 0 Å². The SMILES string of the molecule is CCN(C)C(=O)Nc1ccc(C)c(S(N)(=O)=O)c1. The van der Waals surface area contributed by atoms with E-state index in [4.69, 9.17) is 5.14 Å². The minimum absolute atomic E-state index is 0.0134. The molecule has 1 aromatic rings. The molecule has 6 nitrogen and oxygen atoms in total. The lowest BCUT2D eigenvalue weighted by molar-refractivity contribution is 0.224. The maximum absolute atomic E-state index is 11.6. The van der Waals surface area contributed by atoms with Crippen LogP contribution in [0.15, 0.2) is 23.1 Å². The van der Waals surface area contributed by atoms with Crippen LogP contribution >= 0.6 is 0 Å². The Morgan fingerprint density at radius 1 is 1.44 bits per heavy atom. The van der Waals surface area contributed by atoms with Gasteiger partial charge in [0.1, 0.15) is 0 Å². The first-order valence-electron chi connectivity index (χ1n) is 5.41. The van der Waals surface area contributed by atoms with Crippen LogP contribution in [0, 0.1) is 6.92 Å². The van der Waals surface area contributed by atoms with E-state index in [1.165, 1.54) is 11.0 Å². The Bertz CT molecular complexity index is 555. The minimum Gasteiger partial charge on any atom is -0.328 e. The first kappa shape index (κ1) is 14.5. The number of anilines is 1. The fourth-order valence-electron chi connectivity index (χ4n) is 1.35. The molecule has 0 spiro atoms. The van der Waals surface area contributed by atoms with Crippen molar-refractivity contribution in [2.24, 2.45) is 5.14 Å². The van der Waals surface area contributed by atoms with E-state index in [1.54, 1.807) is 26.1 Å². The van der Waals surface area contributed by atoms with Crippen LogP contribution in [-0.2, 0) is 10.0 Å². The van der Waals surface area contributed by atoms with Crippen LogP contribution < -0.4 is 10.5 Å². The number of nitrogens with zero attached hydrogens (tertiary/aromatic N) is 1. The first-order valence-corrected chi connectivity index (χ1v) is 6.96. The highest BCUT2D eigenvalue weighted by Crippen LogP contribution is 2.19. The fraction of sp³-hybridized carbons (Fsp3) is 0.364. The third-order valence-corrected chi connectivity index (χ3v) is 3.62. The number of hydrogen-bond acceptors (Lipinski definition) is 3. The molecule has 18 heavy (non-hydrogen) atoms. The maximum Gasteiger partial charge on any atom is 0.321 e. The molecule has 0 aromatic heterocycles. The normalized spacial score (nSPS) is 11.1. The topological polar surface area (TPSA) is 92.5 Å². The molecule has 0 bridgehead atoms.